The van der Waals surface area contributed by atoms with Crippen molar-refractivity contribution in [3.05, 3.63) is 29.8 Å². The molecule has 2 heteroatoms. The topological polar surface area (TPSA) is 21.3 Å². The zero-order chi connectivity index (χ0) is 14.5. The van der Waals surface area contributed by atoms with Gasteiger partial charge in [0.15, 0.2) is 0 Å². The first-order chi connectivity index (χ1) is 10.3. The van der Waals surface area contributed by atoms with Crippen LogP contribution in [-0.2, 0) is 0 Å². The van der Waals surface area contributed by atoms with Gasteiger partial charge in [0.05, 0.1) is 0 Å². The van der Waals surface area contributed by atoms with Gasteiger partial charge in [-0.2, -0.15) is 0 Å². The minimum Gasteiger partial charge on any atom is -0.492 e. The highest BCUT2D eigenvalue weighted by atomic mass is 16.5. The van der Waals surface area contributed by atoms with Crippen LogP contribution in [0, 0.1) is 18.8 Å². The zero-order valence-corrected chi connectivity index (χ0v) is 13.3. The van der Waals surface area contributed by atoms with Gasteiger partial charge < -0.3 is 10.1 Å². The molecule has 0 aromatic heterocycles. The van der Waals surface area contributed by atoms with Crippen molar-refractivity contribution >= 4 is 0 Å². The summed E-state index contributed by atoms with van der Waals surface area (Å²) in [4.78, 5) is 0. The van der Waals surface area contributed by atoms with Crippen LogP contribution < -0.4 is 10.1 Å². The van der Waals surface area contributed by atoms with Crippen LogP contribution in [0.1, 0.15) is 50.5 Å². The van der Waals surface area contributed by atoms with Crippen molar-refractivity contribution in [3.8, 4) is 5.75 Å². The minimum atomic E-state index is 0.727. The molecule has 3 rings (SSSR count). The molecule has 1 N–H and O–H groups in total. The van der Waals surface area contributed by atoms with Crippen molar-refractivity contribution in [2.75, 3.05) is 13.2 Å². The van der Waals surface area contributed by atoms with E-state index in [1.807, 2.05) is 6.07 Å². The molecule has 0 bridgehead atoms. The number of hydrogen-bond acceptors (Lipinski definition) is 2. The fourth-order valence-electron chi connectivity index (χ4n) is 4.20. The van der Waals surface area contributed by atoms with E-state index in [1.54, 1.807) is 0 Å². The number of benzene rings is 1. The summed E-state index contributed by atoms with van der Waals surface area (Å²) in [6.07, 6.45) is 10.1. The van der Waals surface area contributed by atoms with E-state index in [0.29, 0.717) is 0 Å². The number of rotatable bonds is 5. The van der Waals surface area contributed by atoms with E-state index in [4.69, 9.17) is 4.74 Å². The first kappa shape index (κ1) is 14.9. The SMILES string of the molecule is Cc1cccc(OCCNC2CCC3CCCCC3C2)c1. The summed E-state index contributed by atoms with van der Waals surface area (Å²) in [5.74, 6) is 3.04. The maximum absolute atomic E-state index is 5.82. The molecule has 0 amide bonds. The van der Waals surface area contributed by atoms with Crippen molar-refractivity contribution in [2.45, 2.75) is 57.9 Å². The molecule has 0 spiro atoms. The van der Waals surface area contributed by atoms with E-state index in [0.717, 1.165) is 36.8 Å². The van der Waals surface area contributed by atoms with Crippen LogP contribution in [0.4, 0.5) is 0 Å². The summed E-state index contributed by atoms with van der Waals surface area (Å²) in [5, 5.41) is 3.71. The van der Waals surface area contributed by atoms with Gasteiger partial charge in [0.2, 0.25) is 0 Å². The molecule has 2 fully saturated rings. The van der Waals surface area contributed by atoms with Crippen molar-refractivity contribution in [1.29, 1.82) is 0 Å². The molecule has 2 aliphatic rings. The molecule has 1 aromatic rings. The number of ether oxygens (including phenoxy) is 1. The van der Waals surface area contributed by atoms with Gasteiger partial charge in [0.1, 0.15) is 12.4 Å². The third-order valence-corrected chi connectivity index (χ3v) is 5.33. The van der Waals surface area contributed by atoms with Crippen molar-refractivity contribution in [3.63, 3.8) is 0 Å². The van der Waals surface area contributed by atoms with Gasteiger partial charge >= 0.3 is 0 Å². The molecular weight excluding hydrogens is 258 g/mol. The lowest BCUT2D eigenvalue weighted by molar-refractivity contribution is 0.141. The first-order valence-electron chi connectivity index (χ1n) is 8.74. The average molecular weight is 287 g/mol. The minimum absolute atomic E-state index is 0.727. The summed E-state index contributed by atoms with van der Waals surface area (Å²) in [7, 11) is 0. The quantitative estimate of drug-likeness (QED) is 0.814. The zero-order valence-electron chi connectivity index (χ0n) is 13.3. The van der Waals surface area contributed by atoms with E-state index in [-0.39, 0.29) is 0 Å². The Morgan fingerprint density at radius 1 is 1.10 bits per heavy atom. The second-order valence-corrected chi connectivity index (χ2v) is 6.93. The fourth-order valence-corrected chi connectivity index (χ4v) is 4.20. The Balaban J connectivity index is 1.36. The molecule has 116 valence electrons. The maximum Gasteiger partial charge on any atom is 0.119 e. The number of aryl methyl sites for hydroxylation is 1. The fraction of sp³-hybridized carbons (Fsp3) is 0.684. The molecule has 0 radical (unpaired) electrons. The second-order valence-electron chi connectivity index (χ2n) is 6.93. The Hall–Kier alpha value is -1.02. The Bertz CT molecular complexity index is 445. The summed E-state index contributed by atoms with van der Waals surface area (Å²) < 4.78 is 5.82. The molecule has 3 atom stereocenters. The van der Waals surface area contributed by atoms with Gasteiger partial charge in [0, 0.05) is 12.6 Å². The normalized spacial score (nSPS) is 28.9. The summed E-state index contributed by atoms with van der Waals surface area (Å²) >= 11 is 0. The number of fused-ring (bicyclic) bond motifs is 1. The lowest BCUT2D eigenvalue weighted by Crippen LogP contribution is -2.40. The molecule has 1 aromatic carbocycles. The van der Waals surface area contributed by atoms with Crippen molar-refractivity contribution < 1.29 is 4.74 Å². The molecular formula is C19H29NO. The highest BCUT2D eigenvalue weighted by molar-refractivity contribution is 5.27. The molecule has 2 aliphatic carbocycles. The average Bonchev–Trinajstić information content (AvgIpc) is 2.51. The Morgan fingerprint density at radius 2 is 1.95 bits per heavy atom. The smallest absolute Gasteiger partial charge is 0.119 e. The van der Waals surface area contributed by atoms with Gasteiger partial charge in [-0.25, -0.2) is 0 Å². The standard InChI is InChI=1S/C19H29NO/c1-15-5-4-8-19(13-15)21-12-11-20-18-10-9-16-6-2-3-7-17(16)14-18/h4-5,8,13,16-18,20H,2-3,6-7,9-12,14H2,1H3. The third kappa shape index (κ3) is 4.23. The van der Waals surface area contributed by atoms with Gasteiger partial charge in [-0.3, -0.25) is 0 Å². The number of hydrogen-bond donors (Lipinski definition) is 1. The van der Waals surface area contributed by atoms with Crippen LogP contribution >= 0.6 is 0 Å². The van der Waals surface area contributed by atoms with E-state index in [1.165, 1.54) is 50.5 Å². The van der Waals surface area contributed by atoms with E-state index < -0.39 is 0 Å². The molecule has 0 heterocycles. The van der Waals surface area contributed by atoms with E-state index >= 15 is 0 Å². The van der Waals surface area contributed by atoms with Crippen LogP contribution in [0.5, 0.6) is 5.75 Å². The molecule has 3 unspecified atom stereocenters. The molecule has 0 aliphatic heterocycles. The Morgan fingerprint density at radius 3 is 2.81 bits per heavy atom. The van der Waals surface area contributed by atoms with E-state index in [9.17, 15) is 0 Å². The largest absolute Gasteiger partial charge is 0.492 e. The maximum atomic E-state index is 5.82. The first-order valence-corrected chi connectivity index (χ1v) is 8.74. The van der Waals surface area contributed by atoms with Crippen LogP contribution in [-0.4, -0.2) is 19.2 Å². The third-order valence-electron chi connectivity index (χ3n) is 5.33. The van der Waals surface area contributed by atoms with Crippen LogP contribution in [0.25, 0.3) is 0 Å². The summed E-state index contributed by atoms with van der Waals surface area (Å²) in [6, 6.07) is 9.04. The van der Waals surface area contributed by atoms with Crippen molar-refractivity contribution in [1.82, 2.24) is 5.32 Å². The van der Waals surface area contributed by atoms with E-state index in [2.05, 4.69) is 30.4 Å². The predicted octanol–water partition coefficient (Wildman–Crippen LogP) is 4.32. The lowest BCUT2D eigenvalue weighted by Gasteiger charge is -2.39. The molecule has 2 saturated carbocycles. The lowest BCUT2D eigenvalue weighted by atomic mass is 9.69. The Labute approximate surface area is 129 Å². The molecule has 21 heavy (non-hydrogen) atoms. The highest BCUT2D eigenvalue weighted by Gasteiger charge is 2.31. The molecule has 2 nitrogen and oxygen atoms in total. The van der Waals surface area contributed by atoms with Gasteiger partial charge in [-0.1, -0.05) is 37.8 Å². The van der Waals surface area contributed by atoms with Crippen LogP contribution in [0.2, 0.25) is 0 Å². The molecule has 0 saturated heterocycles. The van der Waals surface area contributed by atoms with Gasteiger partial charge in [0.25, 0.3) is 0 Å². The number of nitrogens with one attached hydrogen (secondary N) is 1. The van der Waals surface area contributed by atoms with Gasteiger partial charge in [-0.05, 0) is 55.7 Å². The predicted molar refractivity (Wildman–Crippen MR) is 87.8 cm³/mol. The highest BCUT2D eigenvalue weighted by Crippen LogP contribution is 2.40. The summed E-state index contributed by atoms with van der Waals surface area (Å²) in [6.45, 7) is 3.85. The Kier molecular flexibility index (Phi) is 5.18. The monoisotopic (exact) mass is 287 g/mol. The summed E-state index contributed by atoms with van der Waals surface area (Å²) in [5.41, 5.74) is 1.26. The van der Waals surface area contributed by atoms with Crippen LogP contribution in [0.15, 0.2) is 24.3 Å². The van der Waals surface area contributed by atoms with Crippen molar-refractivity contribution in [2.24, 2.45) is 11.8 Å². The second kappa shape index (κ2) is 7.31. The van der Waals surface area contributed by atoms with Crippen LogP contribution in [0.3, 0.4) is 0 Å². The van der Waals surface area contributed by atoms with Gasteiger partial charge in [-0.15, -0.1) is 0 Å².